The molecule has 0 radical (unpaired) electrons. The van der Waals surface area contributed by atoms with Crippen molar-refractivity contribution in [1.29, 1.82) is 0 Å². The second-order valence-electron chi connectivity index (χ2n) is 7.35. The second-order valence-corrected chi connectivity index (χ2v) is 9.34. The Morgan fingerprint density at radius 2 is 1.93 bits per heavy atom. The van der Waals surface area contributed by atoms with Crippen molar-refractivity contribution in [2.24, 2.45) is 7.05 Å². The third kappa shape index (κ3) is 2.71. The molecule has 0 spiro atoms. The predicted molar refractivity (Wildman–Crippen MR) is 108 cm³/mol. The van der Waals surface area contributed by atoms with Gasteiger partial charge in [-0.3, -0.25) is 4.57 Å². The highest BCUT2D eigenvalue weighted by Crippen LogP contribution is 2.27. The number of oxazole rings is 1. The maximum Gasteiger partial charge on any atom is 0.419 e. The summed E-state index contributed by atoms with van der Waals surface area (Å²) in [6.07, 6.45) is 0. The molecule has 30 heavy (non-hydrogen) atoms. The van der Waals surface area contributed by atoms with Crippen molar-refractivity contribution in [3.63, 3.8) is 0 Å². The van der Waals surface area contributed by atoms with E-state index in [0.29, 0.717) is 35.7 Å². The molecule has 0 atom stereocenters. The van der Waals surface area contributed by atoms with E-state index in [1.807, 2.05) is 24.0 Å². The fourth-order valence-corrected chi connectivity index (χ4v) is 4.92. The first-order valence-corrected chi connectivity index (χ1v) is 10.7. The largest absolute Gasteiger partial charge is 0.419 e. The Bertz CT molecular complexity index is 1450. The highest BCUT2D eigenvalue weighted by atomic mass is 32.2. The van der Waals surface area contributed by atoms with Gasteiger partial charge in [0.2, 0.25) is 10.0 Å². The SMILES string of the molecule is Cc1nnc2ccc(N3CC(N(C)S(=O)(=O)c4ccc5oc(=O)n(C)c5c4)C3)nn12. The summed E-state index contributed by atoms with van der Waals surface area (Å²) >= 11 is 0. The summed E-state index contributed by atoms with van der Waals surface area (Å²) in [6.45, 7) is 2.85. The van der Waals surface area contributed by atoms with E-state index in [2.05, 4.69) is 15.3 Å². The van der Waals surface area contributed by atoms with E-state index < -0.39 is 15.8 Å². The lowest BCUT2D eigenvalue weighted by Crippen LogP contribution is -2.60. The molecule has 0 amide bonds. The fraction of sp³-hybridized carbons (Fsp3) is 0.333. The van der Waals surface area contributed by atoms with Crippen LogP contribution in [0.1, 0.15) is 5.82 Å². The molecule has 1 fully saturated rings. The van der Waals surface area contributed by atoms with Gasteiger partial charge in [-0.2, -0.15) is 8.82 Å². The zero-order valence-corrected chi connectivity index (χ0v) is 17.4. The zero-order valence-electron chi connectivity index (χ0n) is 16.6. The predicted octanol–water partition coefficient (Wildman–Crippen LogP) is 0.387. The Hall–Kier alpha value is -3.25. The van der Waals surface area contributed by atoms with Gasteiger partial charge < -0.3 is 9.32 Å². The molecule has 3 aromatic heterocycles. The molecule has 0 unspecified atom stereocenters. The lowest BCUT2D eigenvalue weighted by Gasteiger charge is -2.43. The van der Waals surface area contributed by atoms with E-state index in [0.717, 1.165) is 5.82 Å². The van der Waals surface area contributed by atoms with Crippen molar-refractivity contribution >= 4 is 32.6 Å². The molecule has 12 heteroatoms. The normalized spacial score (nSPS) is 15.4. The number of fused-ring (bicyclic) bond motifs is 2. The highest BCUT2D eigenvalue weighted by molar-refractivity contribution is 7.89. The summed E-state index contributed by atoms with van der Waals surface area (Å²) in [7, 11) is -0.625. The van der Waals surface area contributed by atoms with E-state index in [9.17, 15) is 13.2 Å². The van der Waals surface area contributed by atoms with Gasteiger partial charge in [-0.05, 0) is 37.3 Å². The quantitative estimate of drug-likeness (QED) is 0.457. The number of sulfonamides is 1. The molecule has 5 rings (SSSR count). The molecule has 4 heterocycles. The second kappa shape index (κ2) is 6.37. The van der Waals surface area contributed by atoms with E-state index in [1.54, 1.807) is 18.6 Å². The molecule has 1 aromatic carbocycles. The van der Waals surface area contributed by atoms with Gasteiger partial charge in [-0.1, -0.05) is 0 Å². The summed E-state index contributed by atoms with van der Waals surface area (Å²) in [6, 6.07) is 7.91. The number of hydrogen-bond acceptors (Lipinski definition) is 8. The molecule has 1 aliphatic heterocycles. The minimum atomic E-state index is -3.73. The number of benzene rings is 1. The minimum Gasteiger partial charge on any atom is -0.408 e. The van der Waals surface area contributed by atoms with Crippen LogP contribution in [0.15, 0.2) is 44.4 Å². The van der Waals surface area contributed by atoms with Gasteiger partial charge in [0.05, 0.1) is 16.5 Å². The molecule has 0 bridgehead atoms. The molecule has 0 saturated carbocycles. The third-order valence-electron chi connectivity index (χ3n) is 5.55. The molecular formula is C18H19N7O4S. The number of aryl methyl sites for hydroxylation is 2. The summed E-state index contributed by atoms with van der Waals surface area (Å²) in [5, 5.41) is 12.5. The average molecular weight is 429 g/mol. The monoisotopic (exact) mass is 429 g/mol. The smallest absolute Gasteiger partial charge is 0.408 e. The van der Waals surface area contributed by atoms with Crippen LogP contribution in [0.5, 0.6) is 0 Å². The maximum atomic E-state index is 13.1. The molecule has 11 nitrogen and oxygen atoms in total. The van der Waals surface area contributed by atoms with Crippen LogP contribution in [-0.2, 0) is 17.1 Å². The van der Waals surface area contributed by atoms with E-state index >= 15 is 0 Å². The molecule has 0 aliphatic carbocycles. The van der Waals surface area contributed by atoms with Crippen LogP contribution in [0.4, 0.5) is 5.82 Å². The molecular weight excluding hydrogens is 410 g/mol. The standard InChI is InChI=1S/C18H19N7O4S/c1-11-19-20-16-6-7-17(21-25(11)16)24-9-12(10-24)23(3)30(27,28)13-4-5-15-14(8-13)22(2)18(26)29-15/h4-8,12H,9-10H2,1-3H3. The van der Waals surface area contributed by atoms with E-state index in [-0.39, 0.29) is 10.9 Å². The molecule has 0 N–H and O–H groups in total. The lowest BCUT2D eigenvalue weighted by atomic mass is 10.1. The molecule has 156 valence electrons. The van der Waals surface area contributed by atoms with Crippen LogP contribution in [-0.4, -0.2) is 63.3 Å². The number of rotatable bonds is 4. The number of likely N-dealkylation sites (N-methyl/N-ethyl adjacent to an activating group) is 1. The Balaban J connectivity index is 1.37. The van der Waals surface area contributed by atoms with Crippen molar-refractivity contribution in [3.05, 3.63) is 46.7 Å². The zero-order chi connectivity index (χ0) is 21.2. The van der Waals surface area contributed by atoms with Crippen molar-refractivity contribution in [1.82, 2.24) is 28.7 Å². The fourth-order valence-electron chi connectivity index (χ4n) is 3.56. The molecule has 1 saturated heterocycles. The molecule has 4 aromatic rings. The summed E-state index contributed by atoms with van der Waals surface area (Å²) in [5.41, 5.74) is 1.45. The van der Waals surface area contributed by atoms with Gasteiger partial charge in [0.25, 0.3) is 0 Å². The van der Waals surface area contributed by atoms with Crippen molar-refractivity contribution in [2.75, 3.05) is 25.0 Å². The van der Waals surface area contributed by atoms with E-state index in [1.165, 1.54) is 27.1 Å². The first-order valence-electron chi connectivity index (χ1n) is 9.27. The maximum absolute atomic E-state index is 13.1. The average Bonchev–Trinajstić information content (AvgIpc) is 3.20. The summed E-state index contributed by atoms with van der Waals surface area (Å²) in [4.78, 5) is 13.8. The van der Waals surface area contributed by atoms with E-state index in [4.69, 9.17) is 4.42 Å². The highest BCUT2D eigenvalue weighted by Gasteiger charge is 2.37. The third-order valence-corrected chi connectivity index (χ3v) is 7.45. The first kappa shape index (κ1) is 18.8. The van der Waals surface area contributed by atoms with Gasteiger partial charge in [-0.15, -0.1) is 15.3 Å². The van der Waals surface area contributed by atoms with Crippen LogP contribution < -0.4 is 10.7 Å². The van der Waals surface area contributed by atoms with Crippen molar-refractivity contribution in [2.45, 2.75) is 17.9 Å². The van der Waals surface area contributed by atoms with Crippen molar-refractivity contribution < 1.29 is 12.8 Å². The minimum absolute atomic E-state index is 0.118. The summed E-state index contributed by atoms with van der Waals surface area (Å²) < 4.78 is 35.6. The Labute approximate surface area is 171 Å². The van der Waals surface area contributed by atoms with Crippen LogP contribution in [0.3, 0.4) is 0 Å². The number of hydrogen-bond donors (Lipinski definition) is 0. The number of anilines is 1. The van der Waals surface area contributed by atoms with Gasteiger partial charge in [0, 0.05) is 27.2 Å². The Kier molecular flexibility index (Phi) is 3.98. The lowest BCUT2D eigenvalue weighted by molar-refractivity contribution is 0.309. The van der Waals surface area contributed by atoms with Gasteiger partial charge >= 0.3 is 5.76 Å². The Morgan fingerprint density at radius 1 is 1.17 bits per heavy atom. The summed E-state index contributed by atoms with van der Waals surface area (Å²) in [5.74, 6) is 0.894. The van der Waals surface area contributed by atoms with Gasteiger partial charge in [0.15, 0.2) is 17.1 Å². The van der Waals surface area contributed by atoms with Crippen LogP contribution in [0.25, 0.3) is 16.7 Å². The Morgan fingerprint density at radius 3 is 2.70 bits per heavy atom. The van der Waals surface area contributed by atoms with Crippen LogP contribution in [0.2, 0.25) is 0 Å². The van der Waals surface area contributed by atoms with Crippen LogP contribution in [0, 0.1) is 6.92 Å². The number of nitrogens with zero attached hydrogens (tertiary/aromatic N) is 7. The van der Waals surface area contributed by atoms with Gasteiger partial charge in [-0.25, -0.2) is 13.2 Å². The molecule has 1 aliphatic rings. The van der Waals surface area contributed by atoms with Crippen LogP contribution >= 0.6 is 0 Å². The first-order chi connectivity index (χ1) is 14.3. The topological polar surface area (TPSA) is 119 Å². The van der Waals surface area contributed by atoms with Gasteiger partial charge in [0.1, 0.15) is 5.82 Å². The number of aromatic nitrogens is 5. The van der Waals surface area contributed by atoms with Crippen molar-refractivity contribution in [3.8, 4) is 0 Å².